The van der Waals surface area contributed by atoms with Crippen molar-refractivity contribution in [3.63, 3.8) is 0 Å². The van der Waals surface area contributed by atoms with E-state index in [0.29, 0.717) is 10.9 Å². The largest absolute Gasteiger partial charge is 0.438 e. The molecule has 0 saturated heterocycles. The number of nitrogens with zero attached hydrogens (tertiary/aromatic N) is 2. The highest BCUT2D eigenvalue weighted by Crippen LogP contribution is 2.45. The summed E-state index contributed by atoms with van der Waals surface area (Å²) >= 11 is 1.47. The van der Waals surface area contributed by atoms with E-state index in [1.54, 1.807) is 6.20 Å². The Balaban J connectivity index is 1.65. The van der Waals surface area contributed by atoms with Crippen LogP contribution in [0.3, 0.4) is 0 Å². The Hall–Kier alpha value is -2.54. The maximum absolute atomic E-state index is 11.2. The molecule has 1 fully saturated rings. The van der Waals surface area contributed by atoms with Crippen molar-refractivity contribution in [3.8, 4) is 11.3 Å². The molecule has 2 N–H and O–H groups in total. The van der Waals surface area contributed by atoms with Gasteiger partial charge in [-0.3, -0.25) is 0 Å². The van der Waals surface area contributed by atoms with Crippen LogP contribution in [0.15, 0.2) is 46.1 Å². The Morgan fingerprint density at radius 3 is 2.68 bits per heavy atom. The third-order valence-corrected chi connectivity index (χ3v) is 5.15. The summed E-state index contributed by atoms with van der Waals surface area (Å²) in [7, 11) is 0. The summed E-state index contributed by atoms with van der Waals surface area (Å²) in [6.07, 6.45) is 5.58. The quantitative estimate of drug-likeness (QED) is 0.560. The summed E-state index contributed by atoms with van der Waals surface area (Å²) in [5.41, 5.74) is 7.12. The maximum atomic E-state index is 11.2. The summed E-state index contributed by atoms with van der Waals surface area (Å²) in [5, 5.41) is 1.55. The molecule has 2 aromatic heterocycles. The van der Waals surface area contributed by atoms with E-state index in [4.69, 9.17) is 14.9 Å². The molecule has 25 heavy (non-hydrogen) atoms. The molecule has 0 spiro atoms. The number of amides is 1. The number of nitrogens with two attached hydrogens (primary N) is 1. The van der Waals surface area contributed by atoms with Crippen LogP contribution in [0.1, 0.15) is 24.8 Å². The van der Waals surface area contributed by atoms with Crippen LogP contribution in [0, 0.1) is 0 Å². The predicted octanol–water partition coefficient (Wildman–Crippen LogP) is 4.09. The van der Waals surface area contributed by atoms with Gasteiger partial charge in [-0.05, 0) is 37.1 Å². The zero-order chi connectivity index (χ0) is 17.4. The first-order valence-corrected chi connectivity index (χ1v) is 9.22. The topological polar surface area (TPSA) is 91.2 Å². The highest BCUT2D eigenvalue weighted by atomic mass is 32.2. The fraction of sp³-hybridized carbons (Fsp3) is 0.278. The molecule has 0 aliphatic heterocycles. The van der Waals surface area contributed by atoms with Gasteiger partial charge >= 0.3 is 6.09 Å². The Morgan fingerprint density at radius 1 is 1.32 bits per heavy atom. The summed E-state index contributed by atoms with van der Waals surface area (Å²) < 4.78 is 11.2. The van der Waals surface area contributed by atoms with Gasteiger partial charge in [0, 0.05) is 11.8 Å². The summed E-state index contributed by atoms with van der Waals surface area (Å²) in [6, 6.07) is 9.77. The number of hydrogen-bond acceptors (Lipinski definition) is 6. The Bertz CT molecular complexity index is 932. The minimum absolute atomic E-state index is 0.572. The van der Waals surface area contributed by atoms with Gasteiger partial charge in [-0.25, -0.2) is 9.78 Å². The molecular formula is C18H17N3O3S. The highest BCUT2D eigenvalue weighted by molar-refractivity contribution is 7.98. The number of fused-ring (bicyclic) bond motifs is 1. The molecule has 0 unspecified atom stereocenters. The van der Waals surface area contributed by atoms with E-state index in [9.17, 15) is 4.79 Å². The molecule has 2 heterocycles. The molecule has 0 radical (unpaired) electrons. The van der Waals surface area contributed by atoms with Crippen LogP contribution in [0.25, 0.3) is 22.4 Å². The molecule has 1 aromatic carbocycles. The molecule has 3 aromatic rings. The second kappa shape index (κ2) is 6.07. The summed E-state index contributed by atoms with van der Waals surface area (Å²) in [4.78, 5) is 19.8. The van der Waals surface area contributed by atoms with Crippen molar-refractivity contribution in [3.05, 3.63) is 42.1 Å². The lowest BCUT2D eigenvalue weighted by Gasteiger charge is -2.40. The second-order valence-electron chi connectivity index (χ2n) is 6.07. The number of primary amides is 1. The van der Waals surface area contributed by atoms with Gasteiger partial charge in [0.2, 0.25) is 5.71 Å². The van der Waals surface area contributed by atoms with Gasteiger partial charge in [0.25, 0.3) is 0 Å². The van der Waals surface area contributed by atoms with Crippen LogP contribution in [0.4, 0.5) is 4.79 Å². The lowest BCUT2D eigenvalue weighted by Crippen LogP contribution is -2.40. The fourth-order valence-electron chi connectivity index (χ4n) is 3.13. The number of aromatic nitrogens is 2. The van der Waals surface area contributed by atoms with E-state index in [1.165, 1.54) is 11.8 Å². The first-order chi connectivity index (χ1) is 12.1. The van der Waals surface area contributed by atoms with E-state index in [1.807, 2.05) is 36.6 Å². The first-order valence-electron chi connectivity index (χ1n) is 8.00. The highest BCUT2D eigenvalue weighted by Gasteiger charge is 2.42. The number of furan rings is 1. The molecule has 1 aliphatic rings. The van der Waals surface area contributed by atoms with Crippen LogP contribution >= 0.6 is 11.8 Å². The number of thioether (sulfide) groups is 1. The maximum Gasteiger partial charge on any atom is 0.405 e. The number of carbonyl (C=O) groups is 1. The lowest BCUT2D eigenvalue weighted by molar-refractivity contribution is -0.0489. The molecule has 1 amide bonds. The third kappa shape index (κ3) is 2.84. The smallest absolute Gasteiger partial charge is 0.405 e. The van der Waals surface area contributed by atoms with E-state index < -0.39 is 11.7 Å². The SMILES string of the molecule is CSc1ncc2cc(-c3ccc(C4(OC(N)=O)CCC4)cc3)oc2n1. The van der Waals surface area contributed by atoms with Crippen molar-refractivity contribution in [2.24, 2.45) is 5.73 Å². The minimum atomic E-state index is -0.732. The number of ether oxygens (including phenoxy) is 1. The van der Waals surface area contributed by atoms with E-state index >= 15 is 0 Å². The molecule has 4 rings (SSSR count). The normalized spacial score (nSPS) is 15.7. The van der Waals surface area contributed by atoms with Crippen molar-refractivity contribution in [2.45, 2.75) is 30.0 Å². The van der Waals surface area contributed by atoms with E-state index in [2.05, 4.69) is 9.97 Å². The van der Waals surface area contributed by atoms with Crippen molar-refractivity contribution >= 4 is 29.0 Å². The number of hydrogen-bond donors (Lipinski definition) is 1. The van der Waals surface area contributed by atoms with Crippen LogP contribution in [0.5, 0.6) is 0 Å². The minimum Gasteiger partial charge on any atom is -0.438 e. The third-order valence-electron chi connectivity index (χ3n) is 4.59. The van der Waals surface area contributed by atoms with Gasteiger partial charge in [0.1, 0.15) is 11.4 Å². The van der Waals surface area contributed by atoms with Crippen LogP contribution in [-0.2, 0) is 10.3 Å². The van der Waals surface area contributed by atoms with Gasteiger partial charge in [-0.2, -0.15) is 4.98 Å². The lowest BCUT2D eigenvalue weighted by atomic mass is 9.74. The van der Waals surface area contributed by atoms with Gasteiger partial charge in [-0.15, -0.1) is 0 Å². The van der Waals surface area contributed by atoms with Gasteiger partial charge < -0.3 is 14.9 Å². The average molecular weight is 355 g/mol. The van der Waals surface area contributed by atoms with Gasteiger partial charge in [0.05, 0.1) is 5.39 Å². The Morgan fingerprint density at radius 2 is 2.08 bits per heavy atom. The molecule has 128 valence electrons. The molecule has 1 saturated carbocycles. The molecule has 6 nitrogen and oxygen atoms in total. The van der Waals surface area contributed by atoms with E-state index in [-0.39, 0.29) is 0 Å². The zero-order valence-corrected chi connectivity index (χ0v) is 14.5. The van der Waals surface area contributed by atoms with Crippen LogP contribution in [-0.4, -0.2) is 22.3 Å². The summed E-state index contributed by atoms with van der Waals surface area (Å²) in [6.45, 7) is 0. The van der Waals surface area contributed by atoms with Crippen molar-refractivity contribution in [1.29, 1.82) is 0 Å². The van der Waals surface area contributed by atoms with Crippen LogP contribution in [0.2, 0.25) is 0 Å². The first kappa shape index (κ1) is 16.0. The number of benzene rings is 1. The number of carbonyl (C=O) groups excluding carboxylic acids is 1. The van der Waals surface area contributed by atoms with Crippen molar-refractivity contribution in [1.82, 2.24) is 9.97 Å². The monoisotopic (exact) mass is 355 g/mol. The fourth-order valence-corrected chi connectivity index (χ4v) is 3.47. The zero-order valence-electron chi connectivity index (χ0n) is 13.7. The Kier molecular flexibility index (Phi) is 3.88. The van der Waals surface area contributed by atoms with Gasteiger partial charge in [-0.1, -0.05) is 36.0 Å². The van der Waals surface area contributed by atoms with E-state index in [0.717, 1.165) is 41.5 Å². The number of rotatable bonds is 4. The van der Waals surface area contributed by atoms with Crippen LogP contribution < -0.4 is 5.73 Å². The second-order valence-corrected chi connectivity index (χ2v) is 6.85. The Labute approximate surface area is 148 Å². The average Bonchev–Trinajstić information content (AvgIpc) is 3.01. The molecule has 0 bridgehead atoms. The predicted molar refractivity (Wildman–Crippen MR) is 95.2 cm³/mol. The van der Waals surface area contributed by atoms with Crippen molar-refractivity contribution < 1.29 is 13.9 Å². The summed E-state index contributed by atoms with van der Waals surface area (Å²) in [5.74, 6) is 0.729. The molecular weight excluding hydrogens is 338 g/mol. The van der Waals surface area contributed by atoms with Gasteiger partial charge in [0.15, 0.2) is 5.16 Å². The molecule has 7 heteroatoms. The standard InChI is InChI=1S/C18H17N3O3S/c1-25-17-20-10-12-9-14(23-15(12)21-17)11-3-5-13(6-4-11)18(7-2-8-18)24-16(19)22/h3-6,9-10H,2,7-8H2,1H3,(H2,19,22). The van der Waals surface area contributed by atoms with Crippen molar-refractivity contribution in [2.75, 3.05) is 6.26 Å². The molecule has 0 atom stereocenters. The molecule has 1 aliphatic carbocycles.